The van der Waals surface area contributed by atoms with Gasteiger partial charge in [-0.15, -0.1) is 5.10 Å². The predicted molar refractivity (Wildman–Crippen MR) is 86.2 cm³/mol. The van der Waals surface area contributed by atoms with Crippen LogP contribution in [0.5, 0.6) is 0 Å². The number of amides is 2. The fraction of sp³-hybridized carbons (Fsp3) is 0.188. The molecule has 1 heterocycles. The third-order valence-electron chi connectivity index (χ3n) is 3.54. The van der Waals surface area contributed by atoms with Crippen LogP contribution < -0.4 is 5.32 Å². The number of carbonyl (C=O) groups is 1. The highest BCUT2D eigenvalue weighted by Gasteiger charge is 2.08. The molecule has 6 heteroatoms. The summed E-state index contributed by atoms with van der Waals surface area (Å²) in [6.07, 6.45) is 0. The Morgan fingerprint density at radius 2 is 1.91 bits per heavy atom. The van der Waals surface area contributed by atoms with E-state index in [9.17, 15) is 4.79 Å². The molecule has 22 heavy (non-hydrogen) atoms. The van der Waals surface area contributed by atoms with E-state index in [-0.39, 0.29) is 6.03 Å². The fourth-order valence-electron chi connectivity index (χ4n) is 2.11. The van der Waals surface area contributed by atoms with Gasteiger partial charge < -0.3 is 10.2 Å². The van der Waals surface area contributed by atoms with Crippen LogP contribution in [-0.2, 0) is 0 Å². The summed E-state index contributed by atoms with van der Waals surface area (Å²) >= 11 is 0. The molecule has 0 saturated carbocycles. The Balaban J connectivity index is 1.84. The molecule has 0 radical (unpaired) electrons. The van der Waals surface area contributed by atoms with E-state index in [0.29, 0.717) is 6.54 Å². The highest BCUT2D eigenvalue weighted by atomic mass is 16.2. The lowest BCUT2D eigenvalue weighted by atomic mass is 10.2. The quantitative estimate of drug-likeness (QED) is 0.808. The van der Waals surface area contributed by atoms with Crippen LogP contribution in [0.4, 0.5) is 10.5 Å². The summed E-state index contributed by atoms with van der Waals surface area (Å²) in [5.41, 5.74) is 3.45. The number of rotatable bonds is 3. The lowest BCUT2D eigenvalue weighted by molar-refractivity contribution is 0.224. The van der Waals surface area contributed by atoms with Crippen LogP contribution in [0.25, 0.3) is 16.7 Å². The molecule has 3 rings (SSSR count). The first-order valence-electron chi connectivity index (χ1n) is 7.12. The molecule has 0 unspecified atom stereocenters. The van der Waals surface area contributed by atoms with E-state index >= 15 is 0 Å². The average molecular weight is 295 g/mol. The zero-order chi connectivity index (χ0) is 15.5. The number of hydrogen-bond donors (Lipinski definition) is 1. The molecule has 112 valence electrons. The van der Waals surface area contributed by atoms with Gasteiger partial charge in [0.05, 0.1) is 11.2 Å². The molecule has 0 fully saturated rings. The number of para-hydroxylation sites is 1. The lowest BCUT2D eigenvalue weighted by Gasteiger charge is -2.15. The smallest absolute Gasteiger partial charge is 0.321 e. The van der Waals surface area contributed by atoms with E-state index in [0.717, 1.165) is 22.4 Å². The first kappa shape index (κ1) is 14.1. The van der Waals surface area contributed by atoms with Gasteiger partial charge in [-0.05, 0) is 43.3 Å². The molecular formula is C16H17N5O. The van der Waals surface area contributed by atoms with Crippen molar-refractivity contribution in [2.75, 3.05) is 18.9 Å². The van der Waals surface area contributed by atoms with Gasteiger partial charge in [0.25, 0.3) is 0 Å². The zero-order valence-corrected chi connectivity index (χ0v) is 12.5. The molecule has 1 N–H and O–H groups in total. The van der Waals surface area contributed by atoms with Crippen molar-refractivity contribution in [1.29, 1.82) is 0 Å². The number of anilines is 1. The molecule has 0 bridgehead atoms. The SMILES string of the molecule is CCN(C)C(=O)Nc1ccc(-n2nnc3ccccc32)cc1. The Bertz CT molecular complexity index is 794. The molecular weight excluding hydrogens is 278 g/mol. The minimum absolute atomic E-state index is 0.124. The molecule has 2 amide bonds. The maximum absolute atomic E-state index is 11.8. The number of fused-ring (bicyclic) bond motifs is 1. The van der Waals surface area contributed by atoms with Crippen molar-refractivity contribution in [2.24, 2.45) is 0 Å². The van der Waals surface area contributed by atoms with Crippen molar-refractivity contribution in [1.82, 2.24) is 19.9 Å². The Morgan fingerprint density at radius 1 is 1.18 bits per heavy atom. The Kier molecular flexibility index (Phi) is 3.74. The van der Waals surface area contributed by atoms with Crippen LogP contribution in [0.2, 0.25) is 0 Å². The highest BCUT2D eigenvalue weighted by molar-refractivity contribution is 5.89. The van der Waals surface area contributed by atoms with Crippen LogP contribution in [-0.4, -0.2) is 39.5 Å². The second-order valence-electron chi connectivity index (χ2n) is 4.98. The molecule has 0 saturated heterocycles. The zero-order valence-electron chi connectivity index (χ0n) is 12.5. The average Bonchev–Trinajstić information content (AvgIpc) is 2.99. The summed E-state index contributed by atoms with van der Waals surface area (Å²) in [6, 6.07) is 15.2. The number of carbonyl (C=O) groups excluding carboxylic acids is 1. The predicted octanol–water partition coefficient (Wildman–Crippen LogP) is 2.90. The minimum atomic E-state index is -0.124. The number of benzene rings is 2. The largest absolute Gasteiger partial charge is 0.328 e. The molecule has 0 spiro atoms. The van der Waals surface area contributed by atoms with E-state index in [1.165, 1.54) is 0 Å². The topological polar surface area (TPSA) is 63.1 Å². The van der Waals surface area contributed by atoms with Crippen molar-refractivity contribution >= 4 is 22.8 Å². The third kappa shape index (κ3) is 2.63. The van der Waals surface area contributed by atoms with Crippen molar-refractivity contribution in [3.8, 4) is 5.69 Å². The Hall–Kier alpha value is -2.89. The minimum Gasteiger partial charge on any atom is -0.328 e. The summed E-state index contributed by atoms with van der Waals surface area (Å²) < 4.78 is 1.78. The molecule has 6 nitrogen and oxygen atoms in total. The first-order valence-corrected chi connectivity index (χ1v) is 7.12. The Morgan fingerprint density at radius 3 is 2.64 bits per heavy atom. The van der Waals surface area contributed by atoms with Crippen LogP contribution >= 0.6 is 0 Å². The summed E-state index contributed by atoms with van der Waals surface area (Å²) in [5.74, 6) is 0. The normalized spacial score (nSPS) is 10.6. The van der Waals surface area contributed by atoms with Crippen LogP contribution in [0, 0.1) is 0 Å². The summed E-state index contributed by atoms with van der Waals surface area (Å²) in [7, 11) is 1.76. The number of hydrogen-bond acceptors (Lipinski definition) is 3. The maximum Gasteiger partial charge on any atom is 0.321 e. The maximum atomic E-state index is 11.8. The Labute approximate surface area is 128 Å². The van der Waals surface area contributed by atoms with Gasteiger partial charge in [0.1, 0.15) is 5.52 Å². The second-order valence-corrected chi connectivity index (χ2v) is 4.98. The number of urea groups is 1. The van der Waals surface area contributed by atoms with E-state index in [4.69, 9.17) is 0 Å². The van der Waals surface area contributed by atoms with Crippen LogP contribution in [0.3, 0.4) is 0 Å². The number of nitrogens with one attached hydrogen (secondary N) is 1. The van der Waals surface area contributed by atoms with Crippen LogP contribution in [0.15, 0.2) is 48.5 Å². The van der Waals surface area contributed by atoms with Crippen molar-refractivity contribution < 1.29 is 4.79 Å². The van der Waals surface area contributed by atoms with Crippen molar-refractivity contribution in [3.05, 3.63) is 48.5 Å². The van der Waals surface area contributed by atoms with E-state index in [1.54, 1.807) is 16.6 Å². The van der Waals surface area contributed by atoms with Gasteiger partial charge >= 0.3 is 6.03 Å². The fourth-order valence-corrected chi connectivity index (χ4v) is 2.11. The van der Waals surface area contributed by atoms with Crippen molar-refractivity contribution in [2.45, 2.75) is 6.92 Å². The van der Waals surface area contributed by atoms with Gasteiger partial charge in [0, 0.05) is 19.3 Å². The second kappa shape index (κ2) is 5.85. The summed E-state index contributed by atoms with van der Waals surface area (Å²) in [4.78, 5) is 13.4. The van der Waals surface area contributed by atoms with Gasteiger partial charge in [-0.3, -0.25) is 0 Å². The van der Waals surface area contributed by atoms with E-state index < -0.39 is 0 Å². The molecule has 1 aromatic heterocycles. The third-order valence-corrected chi connectivity index (χ3v) is 3.54. The molecule has 3 aromatic rings. The lowest BCUT2D eigenvalue weighted by Crippen LogP contribution is -2.30. The van der Waals surface area contributed by atoms with Gasteiger partial charge in [-0.1, -0.05) is 17.3 Å². The number of nitrogens with zero attached hydrogens (tertiary/aromatic N) is 4. The highest BCUT2D eigenvalue weighted by Crippen LogP contribution is 2.18. The summed E-state index contributed by atoms with van der Waals surface area (Å²) in [6.45, 7) is 2.59. The van der Waals surface area contributed by atoms with Gasteiger partial charge in [-0.25, -0.2) is 9.48 Å². The molecule has 0 atom stereocenters. The monoisotopic (exact) mass is 295 g/mol. The van der Waals surface area contributed by atoms with Gasteiger partial charge in [-0.2, -0.15) is 0 Å². The standard InChI is InChI=1S/C16H17N5O/c1-3-20(2)16(22)17-12-8-10-13(11-9-12)21-15-7-5-4-6-14(15)18-19-21/h4-11H,3H2,1-2H3,(H,17,22). The van der Waals surface area contributed by atoms with Gasteiger partial charge in [0.2, 0.25) is 0 Å². The van der Waals surface area contributed by atoms with Crippen molar-refractivity contribution in [3.63, 3.8) is 0 Å². The molecule has 0 aliphatic heterocycles. The van der Waals surface area contributed by atoms with Gasteiger partial charge in [0.15, 0.2) is 0 Å². The van der Waals surface area contributed by atoms with Crippen LogP contribution in [0.1, 0.15) is 6.92 Å². The number of aromatic nitrogens is 3. The molecule has 0 aliphatic rings. The molecule has 2 aromatic carbocycles. The molecule has 0 aliphatic carbocycles. The van der Waals surface area contributed by atoms with E-state index in [1.807, 2.05) is 55.5 Å². The summed E-state index contributed by atoms with van der Waals surface area (Å²) in [5, 5.41) is 11.1. The first-order chi connectivity index (χ1) is 10.7. The van der Waals surface area contributed by atoms with E-state index in [2.05, 4.69) is 15.6 Å².